The Hall–Kier alpha value is -3.20. The zero-order valence-corrected chi connectivity index (χ0v) is 14.9. The molecule has 0 unspecified atom stereocenters. The number of rotatable bonds is 4. The van der Waals surface area contributed by atoms with Crippen LogP contribution in [-0.4, -0.2) is 21.7 Å². The van der Waals surface area contributed by atoms with Gasteiger partial charge in [-0.15, -0.1) is 16.4 Å². The number of thiophene rings is 1. The van der Waals surface area contributed by atoms with Gasteiger partial charge in [-0.25, -0.2) is 9.59 Å². The molecule has 2 N–H and O–H groups in total. The van der Waals surface area contributed by atoms with Crippen molar-refractivity contribution < 1.29 is 14.0 Å². The highest BCUT2D eigenvalue weighted by atomic mass is 32.1. The Morgan fingerprint density at radius 1 is 1.27 bits per heavy atom. The van der Waals surface area contributed by atoms with Crippen LogP contribution in [-0.2, 0) is 11.3 Å². The van der Waals surface area contributed by atoms with E-state index in [-0.39, 0.29) is 5.89 Å². The normalized spacial score (nSPS) is 10.5. The zero-order chi connectivity index (χ0) is 18.7. The molecule has 26 heavy (non-hydrogen) atoms. The van der Waals surface area contributed by atoms with Gasteiger partial charge in [-0.05, 0) is 36.9 Å². The summed E-state index contributed by atoms with van der Waals surface area (Å²) in [5.74, 6) is -1.31. The van der Waals surface area contributed by atoms with Crippen molar-refractivity contribution in [1.29, 1.82) is 0 Å². The Morgan fingerprint density at radius 2 is 2.08 bits per heavy atom. The van der Waals surface area contributed by atoms with Crippen LogP contribution in [0.1, 0.15) is 11.1 Å². The molecule has 0 aliphatic rings. The van der Waals surface area contributed by atoms with Gasteiger partial charge in [-0.3, -0.25) is 10.1 Å². The Labute approximate surface area is 152 Å². The summed E-state index contributed by atoms with van der Waals surface area (Å²) in [6, 6.07) is 8.38. The van der Waals surface area contributed by atoms with Crippen LogP contribution in [0.15, 0.2) is 44.9 Å². The average molecular weight is 372 g/mol. The maximum absolute atomic E-state index is 12.0. The molecule has 0 saturated carbocycles. The Bertz CT molecular complexity index is 1000. The standard InChI is InChI=1S/C17H16N4O4S/c1-10-5-6-12(11(2)8-10)18-16(23)19-14(22)9-21-17(24)25-15(20-21)13-4-3-7-26-13/h3-8H,9H2,1-2H3,(H2,18,19,22,23). The predicted octanol–water partition coefficient (Wildman–Crippen LogP) is 2.53. The maximum atomic E-state index is 12.0. The third-order valence-corrected chi connectivity index (χ3v) is 4.37. The highest BCUT2D eigenvalue weighted by Crippen LogP contribution is 2.21. The van der Waals surface area contributed by atoms with Crippen LogP contribution in [0.3, 0.4) is 0 Å². The molecular weight excluding hydrogens is 356 g/mol. The number of aromatic nitrogens is 2. The van der Waals surface area contributed by atoms with E-state index in [0.29, 0.717) is 10.6 Å². The topological polar surface area (TPSA) is 106 Å². The van der Waals surface area contributed by atoms with Gasteiger partial charge in [0, 0.05) is 5.69 Å². The minimum Gasteiger partial charge on any atom is -0.387 e. The van der Waals surface area contributed by atoms with Crippen LogP contribution in [0.5, 0.6) is 0 Å². The van der Waals surface area contributed by atoms with Gasteiger partial charge in [0.1, 0.15) is 6.54 Å². The molecule has 0 aliphatic heterocycles. The molecular formula is C17H16N4O4S. The molecule has 2 aromatic heterocycles. The molecule has 0 saturated heterocycles. The van der Waals surface area contributed by atoms with Crippen molar-refractivity contribution in [3.63, 3.8) is 0 Å². The number of urea groups is 1. The molecule has 0 aliphatic carbocycles. The molecule has 0 bridgehead atoms. The van der Waals surface area contributed by atoms with E-state index >= 15 is 0 Å². The van der Waals surface area contributed by atoms with E-state index < -0.39 is 24.2 Å². The Morgan fingerprint density at radius 3 is 2.77 bits per heavy atom. The monoisotopic (exact) mass is 372 g/mol. The third-order valence-electron chi connectivity index (χ3n) is 3.51. The second kappa shape index (κ2) is 7.36. The molecule has 0 spiro atoms. The second-order valence-electron chi connectivity index (χ2n) is 5.63. The molecule has 0 fully saturated rings. The summed E-state index contributed by atoms with van der Waals surface area (Å²) in [7, 11) is 0. The zero-order valence-electron chi connectivity index (χ0n) is 14.1. The number of carbonyl (C=O) groups excluding carboxylic acids is 2. The van der Waals surface area contributed by atoms with E-state index in [0.717, 1.165) is 15.8 Å². The fourth-order valence-electron chi connectivity index (χ4n) is 2.32. The molecule has 2 heterocycles. The van der Waals surface area contributed by atoms with Gasteiger partial charge < -0.3 is 9.73 Å². The highest BCUT2D eigenvalue weighted by molar-refractivity contribution is 7.13. The number of carbonyl (C=O) groups is 2. The van der Waals surface area contributed by atoms with E-state index in [9.17, 15) is 14.4 Å². The van der Waals surface area contributed by atoms with Gasteiger partial charge in [0.2, 0.25) is 5.91 Å². The van der Waals surface area contributed by atoms with E-state index in [2.05, 4.69) is 15.7 Å². The van der Waals surface area contributed by atoms with Crippen molar-refractivity contribution in [1.82, 2.24) is 15.1 Å². The van der Waals surface area contributed by atoms with Crippen molar-refractivity contribution in [2.75, 3.05) is 5.32 Å². The summed E-state index contributed by atoms with van der Waals surface area (Å²) in [6.45, 7) is 3.37. The van der Waals surface area contributed by atoms with E-state index in [1.807, 2.05) is 31.4 Å². The quantitative estimate of drug-likeness (QED) is 0.732. The molecule has 8 nitrogen and oxygen atoms in total. The molecule has 0 atom stereocenters. The first kappa shape index (κ1) is 17.6. The third kappa shape index (κ3) is 4.06. The van der Waals surface area contributed by atoms with Gasteiger partial charge in [-0.1, -0.05) is 23.8 Å². The van der Waals surface area contributed by atoms with Gasteiger partial charge in [-0.2, -0.15) is 4.68 Å². The first-order valence-electron chi connectivity index (χ1n) is 7.72. The summed E-state index contributed by atoms with van der Waals surface area (Å²) in [5, 5.41) is 10.5. The van der Waals surface area contributed by atoms with Crippen LogP contribution in [0.25, 0.3) is 10.8 Å². The van der Waals surface area contributed by atoms with Gasteiger partial charge in [0.05, 0.1) is 4.88 Å². The lowest BCUT2D eigenvalue weighted by Gasteiger charge is -2.09. The number of hydrogen-bond donors (Lipinski definition) is 2. The van der Waals surface area contributed by atoms with Crippen molar-refractivity contribution in [3.05, 3.63) is 57.4 Å². The lowest BCUT2D eigenvalue weighted by Crippen LogP contribution is -2.38. The number of imide groups is 1. The lowest BCUT2D eigenvalue weighted by molar-refractivity contribution is -0.120. The van der Waals surface area contributed by atoms with Crippen molar-refractivity contribution in [3.8, 4) is 10.8 Å². The Balaban J connectivity index is 1.62. The molecule has 9 heteroatoms. The van der Waals surface area contributed by atoms with Crippen LogP contribution in [0.4, 0.5) is 10.5 Å². The maximum Gasteiger partial charge on any atom is 0.437 e. The van der Waals surface area contributed by atoms with Crippen molar-refractivity contribution in [2.24, 2.45) is 0 Å². The molecule has 3 rings (SSSR count). The summed E-state index contributed by atoms with van der Waals surface area (Å²) in [5.41, 5.74) is 2.54. The summed E-state index contributed by atoms with van der Waals surface area (Å²) in [4.78, 5) is 36.4. The fraction of sp³-hybridized carbons (Fsp3) is 0.176. The predicted molar refractivity (Wildman–Crippen MR) is 97.2 cm³/mol. The summed E-state index contributed by atoms with van der Waals surface area (Å²) < 4.78 is 5.88. The van der Waals surface area contributed by atoms with Gasteiger partial charge in [0.15, 0.2) is 0 Å². The number of nitrogens with zero attached hydrogens (tertiary/aromatic N) is 2. The van der Waals surface area contributed by atoms with Crippen LogP contribution in [0, 0.1) is 13.8 Å². The lowest BCUT2D eigenvalue weighted by atomic mass is 10.1. The number of amides is 3. The molecule has 1 aromatic carbocycles. The average Bonchev–Trinajstić information content (AvgIpc) is 3.20. The number of benzene rings is 1. The van der Waals surface area contributed by atoms with E-state index in [1.54, 1.807) is 18.2 Å². The highest BCUT2D eigenvalue weighted by Gasteiger charge is 2.15. The minimum atomic E-state index is -0.765. The van der Waals surface area contributed by atoms with E-state index in [4.69, 9.17) is 4.42 Å². The number of anilines is 1. The van der Waals surface area contributed by atoms with Gasteiger partial charge >= 0.3 is 11.8 Å². The number of aryl methyl sites for hydroxylation is 2. The SMILES string of the molecule is Cc1ccc(NC(=O)NC(=O)Cn2nc(-c3cccs3)oc2=O)c(C)c1. The van der Waals surface area contributed by atoms with Crippen LogP contribution < -0.4 is 16.4 Å². The summed E-state index contributed by atoms with van der Waals surface area (Å²) in [6.07, 6.45) is 0. The smallest absolute Gasteiger partial charge is 0.387 e. The first-order chi connectivity index (χ1) is 12.4. The largest absolute Gasteiger partial charge is 0.437 e. The second-order valence-corrected chi connectivity index (χ2v) is 6.58. The van der Waals surface area contributed by atoms with Crippen LogP contribution in [0.2, 0.25) is 0 Å². The fourth-order valence-corrected chi connectivity index (χ4v) is 2.96. The molecule has 3 amide bonds. The van der Waals surface area contributed by atoms with Crippen molar-refractivity contribution in [2.45, 2.75) is 20.4 Å². The minimum absolute atomic E-state index is 0.137. The number of nitrogens with one attached hydrogen (secondary N) is 2. The van der Waals surface area contributed by atoms with Crippen molar-refractivity contribution >= 4 is 29.0 Å². The van der Waals surface area contributed by atoms with Gasteiger partial charge in [0.25, 0.3) is 5.89 Å². The summed E-state index contributed by atoms with van der Waals surface area (Å²) >= 11 is 1.36. The first-order valence-corrected chi connectivity index (χ1v) is 8.60. The van der Waals surface area contributed by atoms with E-state index in [1.165, 1.54) is 11.3 Å². The molecule has 0 radical (unpaired) electrons. The molecule has 3 aromatic rings. The van der Waals surface area contributed by atoms with Crippen LogP contribution >= 0.6 is 11.3 Å². The Kier molecular flexibility index (Phi) is 4.99. The number of hydrogen-bond acceptors (Lipinski definition) is 6. The molecule has 134 valence electrons.